The number of likely N-dealkylation sites (N-methyl/N-ethyl adjacent to an activating group) is 1. The van der Waals surface area contributed by atoms with Gasteiger partial charge in [0.1, 0.15) is 5.70 Å². The van der Waals surface area contributed by atoms with Crippen LogP contribution in [0.3, 0.4) is 0 Å². The van der Waals surface area contributed by atoms with E-state index in [-0.39, 0.29) is 5.91 Å². The van der Waals surface area contributed by atoms with Gasteiger partial charge in [-0.2, -0.15) is 5.10 Å². The Hall–Kier alpha value is -1.69. The Kier molecular flexibility index (Phi) is 2.51. The summed E-state index contributed by atoms with van der Waals surface area (Å²) in [4.78, 5) is 13.1. The van der Waals surface area contributed by atoms with E-state index < -0.39 is 0 Å². The summed E-state index contributed by atoms with van der Waals surface area (Å²) in [6, 6.07) is 0. The Labute approximate surface area is 98.7 Å². The molecule has 1 aliphatic heterocycles. The van der Waals surface area contributed by atoms with E-state index >= 15 is 0 Å². The van der Waals surface area contributed by atoms with Crippen molar-refractivity contribution in [2.75, 3.05) is 7.05 Å². The topological polar surface area (TPSA) is 50.2 Å². The van der Waals surface area contributed by atoms with Crippen molar-refractivity contribution in [1.82, 2.24) is 20.0 Å². The summed E-state index contributed by atoms with van der Waals surface area (Å²) in [5, 5.41) is 7.50. The molecule has 0 spiro atoms. The number of carbonyl (C=O) groups is 1. The quantitative estimate of drug-likeness (QED) is 0.567. The molecule has 0 bridgehead atoms. The van der Waals surface area contributed by atoms with Crippen LogP contribution in [-0.2, 0) is 11.8 Å². The van der Waals surface area contributed by atoms with Crippen molar-refractivity contribution in [3.8, 4) is 0 Å². The maximum atomic E-state index is 11.7. The van der Waals surface area contributed by atoms with Crippen molar-refractivity contribution >= 4 is 29.3 Å². The first-order chi connectivity index (χ1) is 7.49. The Bertz CT molecular complexity index is 503. The number of rotatable bonds is 1. The lowest BCUT2D eigenvalue weighted by Crippen LogP contribution is -2.25. The minimum Gasteiger partial charge on any atom is -0.328 e. The van der Waals surface area contributed by atoms with Gasteiger partial charge in [0.25, 0.3) is 5.91 Å². The summed E-state index contributed by atoms with van der Waals surface area (Å²) < 4.78 is 1.71. The second-order valence-corrected chi connectivity index (χ2v) is 4.08. The normalized spacial score (nSPS) is 18.4. The van der Waals surface area contributed by atoms with Crippen molar-refractivity contribution in [2.45, 2.75) is 6.92 Å². The molecule has 0 aromatic carbocycles. The van der Waals surface area contributed by atoms with E-state index in [2.05, 4.69) is 10.4 Å². The van der Waals surface area contributed by atoms with Gasteiger partial charge in [0.2, 0.25) is 0 Å². The number of hydrogen-bond acceptors (Lipinski definition) is 3. The first-order valence-electron chi connectivity index (χ1n) is 4.80. The molecule has 1 aromatic rings. The largest absolute Gasteiger partial charge is 0.328 e. The van der Waals surface area contributed by atoms with Gasteiger partial charge >= 0.3 is 0 Å². The van der Waals surface area contributed by atoms with E-state index in [4.69, 9.17) is 12.2 Å². The van der Waals surface area contributed by atoms with Gasteiger partial charge in [0, 0.05) is 25.9 Å². The average molecular weight is 236 g/mol. The molecule has 2 rings (SSSR count). The summed E-state index contributed by atoms with van der Waals surface area (Å²) in [7, 11) is 3.49. The molecule has 5 nitrogen and oxygen atoms in total. The molecule has 1 aromatic heterocycles. The second-order valence-electron chi connectivity index (χ2n) is 3.70. The molecule has 0 radical (unpaired) electrons. The zero-order valence-corrected chi connectivity index (χ0v) is 10.1. The molecule has 84 valence electrons. The lowest BCUT2D eigenvalue weighted by Gasteiger charge is -2.02. The predicted octanol–water partition coefficient (Wildman–Crippen LogP) is 0.416. The van der Waals surface area contributed by atoms with Crippen LogP contribution in [0.2, 0.25) is 0 Å². The van der Waals surface area contributed by atoms with Crippen LogP contribution in [0, 0.1) is 6.92 Å². The average Bonchev–Trinajstić information content (AvgIpc) is 2.64. The molecule has 1 aliphatic rings. The van der Waals surface area contributed by atoms with Gasteiger partial charge in [-0.15, -0.1) is 0 Å². The number of aromatic nitrogens is 2. The lowest BCUT2D eigenvalue weighted by atomic mass is 10.2. The molecule has 0 aliphatic carbocycles. The standard InChI is InChI=1S/C10H12N4OS/c1-6-7(5-13(2)12-6)4-8-9(15)14(3)10(16)11-8/h4-5H,1-3H3,(H,11,16)/b8-4+. The highest BCUT2D eigenvalue weighted by molar-refractivity contribution is 7.80. The van der Waals surface area contributed by atoms with E-state index in [9.17, 15) is 4.79 Å². The number of thiocarbonyl (C=S) groups is 1. The van der Waals surface area contributed by atoms with Crippen molar-refractivity contribution in [2.24, 2.45) is 7.05 Å². The third-order valence-electron chi connectivity index (χ3n) is 2.43. The molecule has 0 saturated carbocycles. The van der Waals surface area contributed by atoms with Crippen LogP contribution in [0.15, 0.2) is 11.9 Å². The van der Waals surface area contributed by atoms with Crippen molar-refractivity contribution in [3.05, 3.63) is 23.2 Å². The third-order valence-corrected chi connectivity index (χ3v) is 2.81. The molecule has 1 N–H and O–H groups in total. The Morgan fingerprint density at radius 2 is 2.19 bits per heavy atom. The highest BCUT2D eigenvalue weighted by Crippen LogP contribution is 2.14. The molecular weight excluding hydrogens is 224 g/mol. The van der Waals surface area contributed by atoms with Crippen LogP contribution in [0.4, 0.5) is 0 Å². The zero-order chi connectivity index (χ0) is 11.9. The van der Waals surface area contributed by atoms with Gasteiger partial charge in [-0.25, -0.2) is 0 Å². The molecule has 1 fully saturated rings. The van der Waals surface area contributed by atoms with Crippen LogP contribution < -0.4 is 5.32 Å². The summed E-state index contributed by atoms with van der Waals surface area (Å²) >= 11 is 4.98. The summed E-state index contributed by atoms with van der Waals surface area (Å²) in [6.45, 7) is 1.90. The van der Waals surface area contributed by atoms with E-state index in [1.54, 1.807) is 17.8 Å². The van der Waals surface area contributed by atoms with Gasteiger partial charge in [-0.1, -0.05) is 0 Å². The van der Waals surface area contributed by atoms with Crippen LogP contribution >= 0.6 is 12.2 Å². The number of carbonyl (C=O) groups excluding carboxylic acids is 1. The first kappa shape index (κ1) is 10.8. The minimum absolute atomic E-state index is 0.117. The minimum atomic E-state index is -0.117. The molecule has 0 atom stereocenters. The van der Waals surface area contributed by atoms with E-state index in [1.165, 1.54) is 4.90 Å². The maximum absolute atomic E-state index is 11.7. The molecule has 2 heterocycles. The van der Waals surface area contributed by atoms with Gasteiger partial charge in [-0.3, -0.25) is 14.4 Å². The highest BCUT2D eigenvalue weighted by Gasteiger charge is 2.27. The third kappa shape index (κ3) is 1.71. The number of aryl methyl sites for hydroxylation is 2. The molecule has 1 amide bonds. The van der Waals surface area contributed by atoms with E-state index in [1.807, 2.05) is 20.2 Å². The molecular formula is C10H12N4OS. The Balaban J connectivity index is 2.36. The monoisotopic (exact) mass is 236 g/mol. The number of nitrogens with one attached hydrogen (secondary N) is 1. The van der Waals surface area contributed by atoms with Crippen LogP contribution in [0.25, 0.3) is 6.08 Å². The van der Waals surface area contributed by atoms with Crippen LogP contribution in [0.1, 0.15) is 11.3 Å². The zero-order valence-electron chi connectivity index (χ0n) is 9.31. The van der Waals surface area contributed by atoms with Gasteiger partial charge in [0.05, 0.1) is 5.69 Å². The fourth-order valence-electron chi connectivity index (χ4n) is 1.54. The van der Waals surface area contributed by atoms with Gasteiger partial charge < -0.3 is 5.32 Å². The van der Waals surface area contributed by atoms with E-state index in [0.29, 0.717) is 10.8 Å². The summed E-state index contributed by atoms with van der Waals surface area (Å²) in [5.74, 6) is -0.117. The van der Waals surface area contributed by atoms with Gasteiger partial charge in [0.15, 0.2) is 5.11 Å². The molecule has 16 heavy (non-hydrogen) atoms. The fraction of sp³-hybridized carbons (Fsp3) is 0.300. The molecule has 0 unspecified atom stereocenters. The fourth-order valence-corrected chi connectivity index (χ4v) is 1.73. The molecule has 1 saturated heterocycles. The molecule has 6 heteroatoms. The highest BCUT2D eigenvalue weighted by atomic mass is 32.1. The van der Waals surface area contributed by atoms with Crippen molar-refractivity contribution in [1.29, 1.82) is 0 Å². The summed E-state index contributed by atoms with van der Waals surface area (Å²) in [6.07, 6.45) is 3.62. The van der Waals surface area contributed by atoms with Crippen molar-refractivity contribution < 1.29 is 4.79 Å². The second kappa shape index (κ2) is 3.71. The lowest BCUT2D eigenvalue weighted by molar-refractivity contribution is -0.121. The van der Waals surface area contributed by atoms with Crippen LogP contribution in [0.5, 0.6) is 0 Å². The number of amides is 1. The Morgan fingerprint density at radius 1 is 1.50 bits per heavy atom. The van der Waals surface area contributed by atoms with E-state index in [0.717, 1.165) is 11.3 Å². The Morgan fingerprint density at radius 3 is 2.62 bits per heavy atom. The van der Waals surface area contributed by atoms with Gasteiger partial charge in [-0.05, 0) is 25.2 Å². The van der Waals surface area contributed by atoms with Crippen LogP contribution in [-0.4, -0.2) is 32.7 Å². The maximum Gasteiger partial charge on any atom is 0.276 e. The number of hydrogen-bond donors (Lipinski definition) is 1. The number of nitrogens with zero attached hydrogens (tertiary/aromatic N) is 3. The smallest absolute Gasteiger partial charge is 0.276 e. The first-order valence-corrected chi connectivity index (χ1v) is 5.21. The predicted molar refractivity (Wildman–Crippen MR) is 64.4 cm³/mol. The summed E-state index contributed by atoms with van der Waals surface area (Å²) in [5.41, 5.74) is 2.28. The SMILES string of the molecule is Cc1nn(C)cc1/C=C1/NC(=S)N(C)C1=O. The van der Waals surface area contributed by atoms with Crippen molar-refractivity contribution in [3.63, 3.8) is 0 Å².